The molecule has 0 radical (unpaired) electrons. The molecule has 9 nitrogen and oxygen atoms in total. The SMILES string of the molecule is CNC(=O)NCCOCCOCCNS(=O)(=O)c1cccc([C@@H]2CN(C)Cc3c(Cl)cc(Cl)cc32)c1. The van der Waals surface area contributed by atoms with Gasteiger partial charge < -0.3 is 25.0 Å². The molecule has 12 heteroatoms. The van der Waals surface area contributed by atoms with Crippen molar-refractivity contribution in [1.29, 1.82) is 0 Å². The number of nitrogens with one attached hydrogen (secondary N) is 3. The molecule has 198 valence electrons. The molecule has 3 rings (SSSR count). The van der Waals surface area contributed by atoms with Gasteiger partial charge in [-0.05, 0) is 48.0 Å². The minimum Gasteiger partial charge on any atom is -0.378 e. The molecule has 0 fully saturated rings. The zero-order valence-corrected chi connectivity index (χ0v) is 22.7. The van der Waals surface area contributed by atoms with Gasteiger partial charge in [0.15, 0.2) is 0 Å². The molecule has 1 atom stereocenters. The van der Waals surface area contributed by atoms with Crippen molar-refractivity contribution >= 4 is 39.3 Å². The molecule has 0 aromatic heterocycles. The summed E-state index contributed by atoms with van der Waals surface area (Å²) in [5.41, 5.74) is 2.91. The molecule has 36 heavy (non-hydrogen) atoms. The Morgan fingerprint density at radius 3 is 2.53 bits per heavy atom. The van der Waals surface area contributed by atoms with Crippen LogP contribution in [0.2, 0.25) is 10.0 Å². The second-order valence-electron chi connectivity index (χ2n) is 8.41. The highest BCUT2D eigenvalue weighted by molar-refractivity contribution is 7.89. The monoisotopic (exact) mass is 558 g/mol. The topological polar surface area (TPSA) is 109 Å². The third-order valence-corrected chi connectivity index (χ3v) is 7.75. The number of fused-ring (bicyclic) bond motifs is 1. The van der Waals surface area contributed by atoms with E-state index in [4.69, 9.17) is 32.7 Å². The van der Waals surface area contributed by atoms with Gasteiger partial charge in [-0.3, -0.25) is 0 Å². The van der Waals surface area contributed by atoms with Gasteiger partial charge in [-0.1, -0.05) is 35.3 Å². The highest BCUT2D eigenvalue weighted by Crippen LogP contribution is 2.38. The Kier molecular flexibility index (Phi) is 10.8. The first-order chi connectivity index (χ1) is 17.2. The second-order valence-corrected chi connectivity index (χ2v) is 11.0. The van der Waals surface area contributed by atoms with Crippen LogP contribution in [0.5, 0.6) is 0 Å². The van der Waals surface area contributed by atoms with Crippen LogP contribution in [0.15, 0.2) is 41.3 Å². The van der Waals surface area contributed by atoms with Crippen molar-refractivity contribution in [3.63, 3.8) is 0 Å². The van der Waals surface area contributed by atoms with Crippen LogP contribution < -0.4 is 15.4 Å². The second kappa shape index (κ2) is 13.6. The number of carbonyl (C=O) groups is 1. The van der Waals surface area contributed by atoms with Crippen molar-refractivity contribution in [3.8, 4) is 0 Å². The van der Waals surface area contributed by atoms with E-state index in [0.29, 0.717) is 43.0 Å². The number of amides is 2. The smallest absolute Gasteiger partial charge is 0.314 e. The molecule has 0 bridgehead atoms. The van der Waals surface area contributed by atoms with E-state index in [2.05, 4.69) is 20.3 Å². The molecule has 0 unspecified atom stereocenters. The molecular weight excluding hydrogens is 527 g/mol. The van der Waals surface area contributed by atoms with E-state index in [1.165, 1.54) is 7.05 Å². The maximum atomic E-state index is 12.9. The Morgan fingerprint density at radius 1 is 1.08 bits per heavy atom. The summed E-state index contributed by atoms with van der Waals surface area (Å²) in [6.45, 7) is 3.17. The first-order valence-electron chi connectivity index (χ1n) is 11.6. The number of benzene rings is 2. The standard InChI is InChI=1S/C24H32Cl2N4O5S/c1-27-24(31)28-6-8-34-10-11-35-9-7-29-36(32,33)19-5-3-4-17(12-19)21-15-30(2)16-22-20(21)13-18(25)14-23(22)26/h3-5,12-14,21,29H,6-11,15-16H2,1-2H3,(H2,27,28,31)/t21-/m0/s1. The molecule has 0 saturated heterocycles. The lowest BCUT2D eigenvalue weighted by atomic mass is 9.85. The van der Waals surface area contributed by atoms with Gasteiger partial charge in [-0.2, -0.15) is 0 Å². The summed E-state index contributed by atoms with van der Waals surface area (Å²) >= 11 is 12.7. The van der Waals surface area contributed by atoms with E-state index in [1.807, 2.05) is 19.2 Å². The number of halogens is 2. The number of sulfonamides is 1. The van der Waals surface area contributed by atoms with E-state index in [1.54, 1.807) is 24.3 Å². The lowest BCUT2D eigenvalue weighted by molar-refractivity contribution is 0.0516. The number of nitrogens with zero attached hydrogens (tertiary/aromatic N) is 1. The van der Waals surface area contributed by atoms with Gasteiger partial charge in [0.25, 0.3) is 0 Å². The van der Waals surface area contributed by atoms with E-state index in [0.717, 1.165) is 23.2 Å². The van der Waals surface area contributed by atoms with E-state index in [9.17, 15) is 13.2 Å². The molecular formula is C24H32Cl2N4O5S. The number of ether oxygens (including phenoxy) is 2. The fourth-order valence-corrected chi connectivity index (χ4v) is 5.64. The van der Waals surface area contributed by atoms with Crippen LogP contribution in [0.4, 0.5) is 4.79 Å². The molecule has 3 N–H and O–H groups in total. The molecule has 0 saturated carbocycles. The predicted octanol–water partition coefficient (Wildman–Crippen LogP) is 2.81. The first kappa shape index (κ1) is 28.6. The van der Waals surface area contributed by atoms with Crippen molar-refractivity contribution in [2.75, 3.05) is 60.2 Å². The summed E-state index contributed by atoms with van der Waals surface area (Å²) in [5.74, 6) is -0.0556. The molecule has 0 spiro atoms. The van der Waals surface area contributed by atoms with Crippen molar-refractivity contribution in [1.82, 2.24) is 20.3 Å². The summed E-state index contributed by atoms with van der Waals surface area (Å²) in [4.78, 5) is 13.4. The third-order valence-electron chi connectivity index (χ3n) is 5.73. The number of urea groups is 1. The highest BCUT2D eigenvalue weighted by atomic mass is 35.5. The zero-order valence-electron chi connectivity index (χ0n) is 20.4. The average molecular weight is 560 g/mol. The number of likely N-dealkylation sites (N-methyl/N-ethyl adjacent to an activating group) is 1. The van der Waals surface area contributed by atoms with Gasteiger partial charge in [0.05, 0.1) is 31.3 Å². The highest BCUT2D eigenvalue weighted by Gasteiger charge is 2.28. The fraction of sp³-hybridized carbons (Fsp3) is 0.458. The van der Waals surface area contributed by atoms with E-state index in [-0.39, 0.29) is 30.0 Å². The number of rotatable bonds is 12. The van der Waals surface area contributed by atoms with Crippen LogP contribution in [-0.2, 0) is 26.0 Å². The van der Waals surface area contributed by atoms with Crippen LogP contribution in [-0.4, -0.2) is 79.5 Å². The summed E-state index contributed by atoms with van der Waals surface area (Å²) in [6.07, 6.45) is 0. The Balaban J connectivity index is 1.52. The summed E-state index contributed by atoms with van der Waals surface area (Å²) < 4.78 is 39.1. The number of carbonyl (C=O) groups excluding carboxylic acids is 1. The largest absolute Gasteiger partial charge is 0.378 e. The van der Waals surface area contributed by atoms with Crippen molar-refractivity contribution in [2.24, 2.45) is 0 Å². The molecule has 2 aromatic carbocycles. The third kappa shape index (κ3) is 8.04. The summed E-state index contributed by atoms with van der Waals surface area (Å²) in [6, 6.07) is 10.3. The van der Waals surface area contributed by atoms with Gasteiger partial charge in [0.2, 0.25) is 10.0 Å². The normalized spacial score (nSPS) is 15.9. The Bertz CT molecular complexity index is 1150. The summed E-state index contributed by atoms with van der Waals surface area (Å²) in [5, 5.41) is 6.23. The maximum absolute atomic E-state index is 12.9. The van der Waals surface area contributed by atoms with Crippen LogP contribution in [0, 0.1) is 0 Å². The van der Waals surface area contributed by atoms with Crippen LogP contribution in [0.1, 0.15) is 22.6 Å². The van der Waals surface area contributed by atoms with Gasteiger partial charge in [0, 0.05) is 49.2 Å². The van der Waals surface area contributed by atoms with Crippen molar-refractivity contribution in [3.05, 3.63) is 63.1 Å². The van der Waals surface area contributed by atoms with Crippen LogP contribution in [0.25, 0.3) is 0 Å². The fourth-order valence-electron chi connectivity index (χ4n) is 4.01. The Hall–Kier alpha value is -1.92. The molecule has 1 heterocycles. The molecule has 0 aliphatic carbocycles. The minimum absolute atomic E-state index is 0.0556. The summed E-state index contributed by atoms with van der Waals surface area (Å²) in [7, 11) is -0.169. The number of hydrogen-bond donors (Lipinski definition) is 3. The molecule has 2 amide bonds. The lowest BCUT2D eigenvalue weighted by Gasteiger charge is -2.33. The number of hydrogen-bond acceptors (Lipinski definition) is 6. The lowest BCUT2D eigenvalue weighted by Crippen LogP contribution is -2.35. The van der Waals surface area contributed by atoms with Gasteiger partial charge in [-0.15, -0.1) is 0 Å². The van der Waals surface area contributed by atoms with Gasteiger partial charge in [0.1, 0.15) is 0 Å². The van der Waals surface area contributed by atoms with E-state index >= 15 is 0 Å². The molecule has 1 aliphatic heterocycles. The molecule has 2 aromatic rings. The zero-order chi connectivity index (χ0) is 26.1. The van der Waals surface area contributed by atoms with Crippen LogP contribution >= 0.6 is 23.2 Å². The van der Waals surface area contributed by atoms with Gasteiger partial charge >= 0.3 is 6.03 Å². The Morgan fingerprint density at radius 2 is 1.81 bits per heavy atom. The van der Waals surface area contributed by atoms with Crippen molar-refractivity contribution in [2.45, 2.75) is 17.4 Å². The van der Waals surface area contributed by atoms with E-state index < -0.39 is 10.0 Å². The first-order valence-corrected chi connectivity index (χ1v) is 13.8. The quantitative estimate of drug-likeness (QED) is 0.345. The van der Waals surface area contributed by atoms with Crippen LogP contribution in [0.3, 0.4) is 0 Å². The minimum atomic E-state index is -3.72. The van der Waals surface area contributed by atoms with Crippen molar-refractivity contribution < 1.29 is 22.7 Å². The maximum Gasteiger partial charge on any atom is 0.314 e. The predicted molar refractivity (Wildman–Crippen MR) is 140 cm³/mol. The Labute approximate surface area is 222 Å². The molecule has 1 aliphatic rings. The average Bonchev–Trinajstić information content (AvgIpc) is 2.85. The van der Waals surface area contributed by atoms with Gasteiger partial charge in [-0.25, -0.2) is 17.9 Å².